The van der Waals surface area contributed by atoms with Gasteiger partial charge in [-0.3, -0.25) is 10.1 Å². The van der Waals surface area contributed by atoms with E-state index in [1.54, 1.807) is 0 Å². The first-order valence-corrected chi connectivity index (χ1v) is 7.22. The van der Waals surface area contributed by atoms with Crippen LogP contribution in [0.25, 0.3) is 0 Å². The van der Waals surface area contributed by atoms with Crippen molar-refractivity contribution in [2.45, 2.75) is 65.7 Å². The molecule has 1 heterocycles. The average molecular weight is 255 g/mol. The third kappa shape index (κ3) is 2.86. The van der Waals surface area contributed by atoms with Crippen molar-refractivity contribution in [1.29, 1.82) is 0 Å². The van der Waals surface area contributed by atoms with E-state index in [1.807, 2.05) is 11.8 Å². The molecule has 0 bridgehead atoms. The van der Waals surface area contributed by atoms with Crippen LogP contribution in [0.2, 0.25) is 0 Å². The van der Waals surface area contributed by atoms with Crippen molar-refractivity contribution in [3.8, 4) is 0 Å². The number of hydrogen-bond donors (Lipinski definition) is 1. The lowest BCUT2D eigenvalue weighted by Crippen LogP contribution is -2.48. The Labute approximate surface area is 112 Å². The van der Waals surface area contributed by atoms with Crippen LogP contribution in [0.5, 0.6) is 0 Å². The van der Waals surface area contributed by atoms with Gasteiger partial charge in [-0.25, -0.2) is 0 Å². The third-order valence-corrected chi connectivity index (χ3v) is 4.25. The second-order valence-corrected chi connectivity index (χ2v) is 5.55. The summed E-state index contributed by atoms with van der Waals surface area (Å²) in [5.41, 5.74) is -0.378. The number of nitrogens with one attached hydrogen (secondary N) is 1. The fourth-order valence-corrected chi connectivity index (χ4v) is 2.83. The summed E-state index contributed by atoms with van der Waals surface area (Å²) in [4.78, 5) is 16.9. The van der Waals surface area contributed by atoms with Crippen LogP contribution in [-0.2, 0) is 4.79 Å². The van der Waals surface area contributed by atoms with E-state index in [9.17, 15) is 4.79 Å². The van der Waals surface area contributed by atoms with Gasteiger partial charge in [-0.1, -0.05) is 20.8 Å². The molecular formula is C14H29N3O. The molecule has 1 fully saturated rings. The first-order valence-electron chi connectivity index (χ1n) is 7.22. The molecule has 0 spiro atoms. The number of likely N-dealkylation sites (N-methyl/N-ethyl adjacent to an activating group) is 1. The molecule has 1 amide bonds. The molecule has 0 saturated carbocycles. The van der Waals surface area contributed by atoms with Crippen LogP contribution >= 0.6 is 0 Å². The molecule has 4 nitrogen and oxygen atoms in total. The predicted molar refractivity (Wildman–Crippen MR) is 75.4 cm³/mol. The van der Waals surface area contributed by atoms with Crippen LogP contribution in [-0.4, -0.2) is 53.1 Å². The first kappa shape index (κ1) is 15.4. The summed E-state index contributed by atoms with van der Waals surface area (Å²) in [5, 5.41) is 3.43. The van der Waals surface area contributed by atoms with E-state index in [2.05, 4.69) is 44.8 Å². The summed E-state index contributed by atoms with van der Waals surface area (Å²) >= 11 is 0. The van der Waals surface area contributed by atoms with Crippen LogP contribution < -0.4 is 5.32 Å². The van der Waals surface area contributed by atoms with Gasteiger partial charge in [-0.2, -0.15) is 0 Å². The lowest BCUT2D eigenvalue weighted by atomic mass is 9.99. The second kappa shape index (κ2) is 6.02. The Bertz CT molecular complexity index is 291. The summed E-state index contributed by atoms with van der Waals surface area (Å²) in [6.07, 6.45) is 0.970. The second-order valence-electron chi connectivity index (χ2n) is 5.55. The minimum absolute atomic E-state index is 0.132. The Kier molecular flexibility index (Phi) is 5.17. The standard InChI is InChI=1S/C14H29N3O/c1-7-14(6)13(18)17(12(5)15-14)11(4)10-16(8-2)9-3/h11-12,15H,7-10H2,1-6H3. The van der Waals surface area contributed by atoms with E-state index < -0.39 is 0 Å². The van der Waals surface area contributed by atoms with E-state index in [-0.39, 0.29) is 23.7 Å². The van der Waals surface area contributed by atoms with Crippen molar-refractivity contribution in [2.75, 3.05) is 19.6 Å². The lowest BCUT2D eigenvalue weighted by molar-refractivity contribution is -0.135. The van der Waals surface area contributed by atoms with E-state index in [0.717, 1.165) is 26.1 Å². The number of carbonyl (C=O) groups is 1. The van der Waals surface area contributed by atoms with Crippen molar-refractivity contribution in [1.82, 2.24) is 15.1 Å². The molecule has 1 N–H and O–H groups in total. The van der Waals surface area contributed by atoms with Gasteiger partial charge in [0.15, 0.2) is 0 Å². The van der Waals surface area contributed by atoms with Gasteiger partial charge in [0.2, 0.25) is 5.91 Å². The molecule has 18 heavy (non-hydrogen) atoms. The van der Waals surface area contributed by atoms with Crippen LogP contribution in [0.1, 0.15) is 48.0 Å². The Balaban J connectivity index is 2.74. The molecule has 0 aromatic carbocycles. The average Bonchev–Trinajstić information content (AvgIpc) is 2.57. The van der Waals surface area contributed by atoms with Gasteiger partial charge >= 0.3 is 0 Å². The van der Waals surface area contributed by atoms with Gasteiger partial charge in [0, 0.05) is 12.6 Å². The summed E-state index contributed by atoms with van der Waals surface area (Å²) in [6.45, 7) is 15.7. The van der Waals surface area contributed by atoms with Gasteiger partial charge in [-0.05, 0) is 40.3 Å². The van der Waals surface area contributed by atoms with Crippen LogP contribution in [0.15, 0.2) is 0 Å². The molecule has 1 aliphatic heterocycles. The zero-order valence-corrected chi connectivity index (χ0v) is 12.8. The van der Waals surface area contributed by atoms with Crippen LogP contribution in [0.3, 0.4) is 0 Å². The fourth-order valence-electron chi connectivity index (χ4n) is 2.83. The van der Waals surface area contributed by atoms with Crippen molar-refractivity contribution in [3.63, 3.8) is 0 Å². The molecule has 106 valence electrons. The number of amides is 1. The largest absolute Gasteiger partial charge is 0.322 e. The number of carbonyl (C=O) groups excluding carboxylic acids is 1. The molecule has 0 aliphatic carbocycles. The first-order chi connectivity index (χ1) is 8.39. The Morgan fingerprint density at radius 3 is 2.33 bits per heavy atom. The van der Waals surface area contributed by atoms with Crippen LogP contribution in [0, 0.1) is 0 Å². The van der Waals surface area contributed by atoms with Crippen LogP contribution in [0.4, 0.5) is 0 Å². The maximum atomic E-state index is 12.5. The summed E-state index contributed by atoms with van der Waals surface area (Å²) in [5.74, 6) is 0.247. The van der Waals surface area contributed by atoms with Gasteiger partial charge in [-0.15, -0.1) is 0 Å². The van der Waals surface area contributed by atoms with Crippen molar-refractivity contribution >= 4 is 5.91 Å². The Morgan fingerprint density at radius 1 is 1.39 bits per heavy atom. The molecule has 4 heteroatoms. The molecule has 1 aliphatic rings. The predicted octanol–water partition coefficient (Wildman–Crippen LogP) is 1.66. The molecular weight excluding hydrogens is 226 g/mol. The van der Waals surface area contributed by atoms with Gasteiger partial charge in [0.05, 0.1) is 11.7 Å². The van der Waals surface area contributed by atoms with E-state index in [4.69, 9.17) is 0 Å². The summed E-state index contributed by atoms with van der Waals surface area (Å²) < 4.78 is 0. The highest BCUT2D eigenvalue weighted by Gasteiger charge is 2.46. The lowest BCUT2D eigenvalue weighted by Gasteiger charge is -2.32. The van der Waals surface area contributed by atoms with E-state index >= 15 is 0 Å². The van der Waals surface area contributed by atoms with Gasteiger partial charge in [0.1, 0.15) is 0 Å². The van der Waals surface area contributed by atoms with E-state index in [1.165, 1.54) is 0 Å². The normalized spacial score (nSPS) is 30.3. The van der Waals surface area contributed by atoms with E-state index in [0.29, 0.717) is 0 Å². The topological polar surface area (TPSA) is 35.6 Å². The third-order valence-electron chi connectivity index (χ3n) is 4.25. The van der Waals surface area contributed by atoms with Gasteiger partial charge < -0.3 is 9.80 Å². The maximum absolute atomic E-state index is 12.5. The molecule has 0 aromatic heterocycles. The SMILES string of the molecule is CCN(CC)CC(C)N1C(=O)C(C)(CC)NC1C. The Morgan fingerprint density at radius 2 is 1.94 bits per heavy atom. The number of rotatable bonds is 6. The van der Waals surface area contributed by atoms with Crippen molar-refractivity contribution < 1.29 is 4.79 Å². The highest BCUT2D eigenvalue weighted by atomic mass is 16.2. The summed E-state index contributed by atoms with van der Waals surface area (Å²) in [6, 6.07) is 0.258. The molecule has 3 unspecified atom stereocenters. The molecule has 1 saturated heterocycles. The summed E-state index contributed by atoms with van der Waals surface area (Å²) in [7, 11) is 0. The molecule has 0 aromatic rings. The maximum Gasteiger partial charge on any atom is 0.244 e. The number of nitrogens with zero attached hydrogens (tertiary/aromatic N) is 2. The quantitative estimate of drug-likeness (QED) is 0.784. The minimum atomic E-state index is -0.378. The molecule has 1 rings (SSSR count). The monoisotopic (exact) mass is 255 g/mol. The highest BCUT2D eigenvalue weighted by Crippen LogP contribution is 2.25. The molecule has 0 radical (unpaired) electrons. The number of hydrogen-bond acceptors (Lipinski definition) is 3. The fraction of sp³-hybridized carbons (Fsp3) is 0.929. The zero-order chi connectivity index (χ0) is 13.9. The smallest absolute Gasteiger partial charge is 0.244 e. The highest BCUT2D eigenvalue weighted by molar-refractivity contribution is 5.88. The minimum Gasteiger partial charge on any atom is -0.322 e. The Hall–Kier alpha value is -0.610. The van der Waals surface area contributed by atoms with Gasteiger partial charge in [0.25, 0.3) is 0 Å². The van der Waals surface area contributed by atoms with Crippen molar-refractivity contribution in [3.05, 3.63) is 0 Å². The zero-order valence-electron chi connectivity index (χ0n) is 12.8. The van der Waals surface area contributed by atoms with Crippen molar-refractivity contribution in [2.24, 2.45) is 0 Å². The molecule has 3 atom stereocenters.